The van der Waals surface area contributed by atoms with E-state index in [1.54, 1.807) is 36.1 Å². The van der Waals surface area contributed by atoms with Crippen molar-refractivity contribution in [2.75, 3.05) is 30.8 Å². The molecule has 0 radical (unpaired) electrons. The molecule has 2 atom stereocenters. The highest BCUT2D eigenvalue weighted by Crippen LogP contribution is 2.23. The Kier molecular flexibility index (Phi) is 11.2. The first kappa shape index (κ1) is 29.2. The summed E-state index contributed by atoms with van der Waals surface area (Å²) in [5, 5.41) is 2.96. The van der Waals surface area contributed by atoms with E-state index in [9.17, 15) is 18.0 Å². The molecule has 2 aromatic carbocycles. The molecule has 2 aromatic rings. The van der Waals surface area contributed by atoms with Gasteiger partial charge in [0.15, 0.2) is 0 Å². The lowest BCUT2D eigenvalue weighted by Gasteiger charge is -2.30. The van der Waals surface area contributed by atoms with E-state index in [1.807, 2.05) is 44.2 Å². The number of ether oxygens (including phenoxy) is 1. The first-order valence-corrected chi connectivity index (χ1v) is 14.2. The van der Waals surface area contributed by atoms with Crippen LogP contribution in [0.5, 0.6) is 5.75 Å². The highest BCUT2D eigenvalue weighted by atomic mass is 32.2. The van der Waals surface area contributed by atoms with Crippen molar-refractivity contribution in [2.24, 2.45) is 0 Å². The normalized spacial score (nSPS) is 12.9. The molecule has 0 saturated carbocycles. The van der Waals surface area contributed by atoms with Crippen molar-refractivity contribution in [1.82, 2.24) is 10.2 Å². The molecule has 8 nitrogen and oxygen atoms in total. The van der Waals surface area contributed by atoms with Crippen LogP contribution in [-0.2, 0) is 26.0 Å². The summed E-state index contributed by atoms with van der Waals surface area (Å²) in [6.45, 7) is 6.18. The molecule has 0 aliphatic heterocycles. The topological polar surface area (TPSA) is 96.0 Å². The number of nitrogens with one attached hydrogen (secondary N) is 1. The molecule has 0 aliphatic carbocycles. The summed E-state index contributed by atoms with van der Waals surface area (Å²) >= 11 is 0. The minimum atomic E-state index is -3.56. The lowest BCUT2D eigenvalue weighted by molar-refractivity contribution is -0.140. The molecule has 2 amide bonds. The zero-order valence-electron chi connectivity index (χ0n) is 21.9. The van der Waals surface area contributed by atoms with Crippen molar-refractivity contribution < 1.29 is 22.7 Å². The van der Waals surface area contributed by atoms with E-state index in [0.717, 1.165) is 18.2 Å². The lowest BCUT2D eigenvalue weighted by Crippen LogP contribution is -2.50. The molecule has 1 N–H and O–H groups in total. The monoisotopic (exact) mass is 517 g/mol. The smallest absolute Gasteiger partial charge is 0.242 e. The highest BCUT2D eigenvalue weighted by molar-refractivity contribution is 7.92. The number of sulfonamides is 1. The van der Waals surface area contributed by atoms with Gasteiger partial charge >= 0.3 is 0 Å². The Morgan fingerprint density at radius 2 is 1.72 bits per heavy atom. The fraction of sp³-hybridized carbons (Fsp3) is 0.481. The summed E-state index contributed by atoms with van der Waals surface area (Å²) in [7, 11) is -2.05. The molecule has 0 fully saturated rings. The molecule has 198 valence electrons. The Labute approximate surface area is 215 Å². The molecule has 9 heteroatoms. The average Bonchev–Trinajstić information content (AvgIpc) is 2.86. The molecule has 0 spiro atoms. The second-order valence-corrected chi connectivity index (χ2v) is 10.9. The second-order valence-electron chi connectivity index (χ2n) is 8.96. The van der Waals surface area contributed by atoms with Crippen LogP contribution in [0.1, 0.15) is 45.6 Å². The minimum absolute atomic E-state index is 0.0113. The number of carbonyl (C=O) groups is 2. The Hall–Kier alpha value is -3.07. The van der Waals surface area contributed by atoms with E-state index in [-0.39, 0.29) is 30.8 Å². The summed E-state index contributed by atoms with van der Waals surface area (Å²) in [4.78, 5) is 27.7. The first-order chi connectivity index (χ1) is 17.1. The molecular formula is C27H39N3O5S. The fourth-order valence-electron chi connectivity index (χ4n) is 3.81. The molecule has 0 saturated heterocycles. The largest absolute Gasteiger partial charge is 0.497 e. The third kappa shape index (κ3) is 8.86. The van der Waals surface area contributed by atoms with Crippen LogP contribution in [0.2, 0.25) is 0 Å². The van der Waals surface area contributed by atoms with Crippen LogP contribution in [0.25, 0.3) is 0 Å². The maximum atomic E-state index is 13.3. The SMILES string of the molecule is CCC(C)NC(=O)C(C)N(CCc1ccccc1)C(=O)CCCN(c1cccc(OC)c1)S(C)(=O)=O. The molecule has 0 aliphatic rings. The van der Waals surface area contributed by atoms with Gasteiger partial charge in [0, 0.05) is 31.6 Å². The van der Waals surface area contributed by atoms with Crippen molar-refractivity contribution in [1.29, 1.82) is 0 Å². The molecule has 0 bridgehead atoms. The van der Waals surface area contributed by atoms with E-state index < -0.39 is 16.1 Å². The Bertz CT molecular complexity index is 1090. The molecule has 2 rings (SSSR count). The minimum Gasteiger partial charge on any atom is -0.497 e. The van der Waals surface area contributed by atoms with Gasteiger partial charge in [-0.25, -0.2) is 8.42 Å². The number of carbonyl (C=O) groups excluding carboxylic acids is 2. The zero-order valence-corrected chi connectivity index (χ0v) is 22.8. The van der Waals surface area contributed by atoms with Crippen molar-refractivity contribution >= 4 is 27.5 Å². The van der Waals surface area contributed by atoms with Gasteiger partial charge in [-0.3, -0.25) is 13.9 Å². The van der Waals surface area contributed by atoms with Gasteiger partial charge in [-0.1, -0.05) is 43.3 Å². The standard InChI is InChI=1S/C27H39N3O5S/c1-6-21(2)28-27(32)22(3)29(19-17-23-12-8-7-9-13-23)26(31)16-11-18-30(36(5,33)34)24-14-10-15-25(20-24)35-4/h7-10,12-15,20-22H,6,11,16-19H2,1-5H3,(H,28,32). The summed E-state index contributed by atoms with van der Waals surface area (Å²) in [6.07, 6.45) is 2.98. The Morgan fingerprint density at radius 1 is 1.03 bits per heavy atom. The van der Waals surface area contributed by atoms with Crippen molar-refractivity contribution in [3.63, 3.8) is 0 Å². The van der Waals surface area contributed by atoms with Gasteiger partial charge in [-0.05, 0) is 50.8 Å². The van der Waals surface area contributed by atoms with Gasteiger partial charge < -0.3 is 15.0 Å². The van der Waals surface area contributed by atoms with Gasteiger partial charge in [0.25, 0.3) is 0 Å². The second kappa shape index (κ2) is 13.9. The van der Waals surface area contributed by atoms with Crippen LogP contribution in [-0.4, -0.2) is 63.7 Å². The number of hydrogen-bond donors (Lipinski definition) is 1. The van der Waals surface area contributed by atoms with Crippen LogP contribution < -0.4 is 14.4 Å². The molecule has 36 heavy (non-hydrogen) atoms. The van der Waals surface area contributed by atoms with Crippen LogP contribution in [0.4, 0.5) is 5.69 Å². The number of benzene rings is 2. The van der Waals surface area contributed by atoms with Crippen LogP contribution in [0, 0.1) is 0 Å². The summed E-state index contributed by atoms with van der Waals surface area (Å²) in [5.41, 5.74) is 1.55. The predicted molar refractivity (Wildman–Crippen MR) is 144 cm³/mol. The third-order valence-electron chi connectivity index (χ3n) is 6.15. The van der Waals surface area contributed by atoms with Crippen molar-refractivity contribution in [2.45, 2.75) is 58.5 Å². The van der Waals surface area contributed by atoms with E-state index in [1.165, 1.54) is 11.4 Å². The number of amides is 2. The van der Waals surface area contributed by atoms with E-state index in [2.05, 4.69) is 5.32 Å². The van der Waals surface area contributed by atoms with Crippen LogP contribution in [0.15, 0.2) is 54.6 Å². The van der Waals surface area contributed by atoms with E-state index in [0.29, 0.717) is 30.8 Å². The summed E-state index contributed by atoms with van der Waals surface area (Å²) in [5.74, 6) is 0.169. The number of rotatable bonds is 14. The quantitative estimate of drug-likeness (QED) is 0.413. The first-order valence-electron chi connectivity index (χ1n) is 12.3. The number of hydrogen-bond acceptors (Lipinski definition) is 5. The number of anilines is 1. The van der Waals surface area contributed by atoms with Crippen molar-refractivity contribution in [3.05, 3.63) is 60.2 Å². The molecule has 2 unspecified atom stereocenters. The molecular weight excluding hydrogens is 478 g/mol. The number of nitrogens with zero attached hydrogens (tertiary/aromatic N) is 2. The average molecular weight is 518 g/mol. The van der Waals surface area contributed by atoms with Crippen LogP contribution in [0.3, 0.4) is 0 Å². The third-order valence-corrected chi connectivity index (χ3v) is 7.34. The summed E-state index contributed by atoms with van der Waals surface area (Å²) < 4.78 is 31.4. The molecule has 0 heterocycles. The van der Waals surface area contributed by atoms with Gasteiger partial charge in [-0.15, -0.1) is 0 Å². The number of methoxy groups -OCH3 is 1. The summed E-state index contributed by atoms with van der Waals surface area (Å²) in [6, 6.07) is 16.0. The molecule has 0 aromatic heterocycles. The van der Waals surface area contributed by atoms with Crippen molar-refractivity contribution in [3.8, 4) is 5.75 Å². The fourth-order valence-corrected chi connectivity index (χ4v) is 4.76. The van der Waals surface area contributed by atoms with E-state index in [4.69, 9.17) is 4.74 Å². The lowest BCUT2D eigenvalue weighted by atomic mass is 10.1. The Balaban J connectivity index is 2.12. The Morgan fingerprint density at radius 3 is 2.33 bits per heavy atom. The predicted octanol–water partition coefficient (Wildman–Crippen LogP) is 3.62. The van der Waals surface area contributed by atoms with Gasteiger partial charge in [0.1, 0.15) is 11.8 Å². The van der Waals surface area contributed by atoms with Gasteiger partial charge in [0.05, 0.1) is 19.1 Å². The zero-order chi connectivity index (χ0) is 26.7. The van der Waals surface area contributed by atoms with Gasteiger partial charge in [-0.2, -0.15) is 0 Å². The van der Waals surface area contributed by atoms with E-state index >= 15 is 0 Å². The maximum Gasteiger partial charge on any atom is 0.242 e. The van der Waals surface area contributed by atoms with Crippen LogP contribution >= 0.6 is 0 Å². The maximum absolute atomic E-state index is 13.3. The van der Waals surface area contributed by atoms with Gasteiger partial charge in [0.2, 0.25) is 21.8 Å². The highest BCUT2D eigenvalue weighted by Gasteiger charge is 2.27.